The highest BCUT2D eigenvalue weighted by atomic mass is 16.2. The van der Waals surface area contributed by atoms with Crippen molar-refractivity contribution in [2.45, 2.75) is 13.3 Å². The molecular weight excluding hydrogens is 236 g/mol. The van der Waals surface area contributed by atoms with Gasteiger partial charge in [0.15, 0.2) is 0 Å². The summed E-state index contributed by atoms with van der Waals surface area (Å²) >= 11 is 0. The van der Waals surface area contributed by atoms with Crippen molar-refractivity contribution in [1.82, 2.24) is 0 Å². The minimum Gasteiger partial charge on any atom is -0.272 e. The van der Waals surface area contributed by atoms with Gasteiger partial charge in [-0.15, -0.1) is 0 Å². The van der Waals surface area contributed by atoms with E-state index in [2.05, 4.69) is 5.10 Å². The smallest absolute Gasteiger partial charge is 0.253 e. The normalized spacial score (nSPS) is 14.7. The lowest BCUT2D eigenvalue weighted by Crippen LogP contribution is -2.19. The molecule has 0 N–H and O–H groups in total. The van der Waals surface area contributed by atoms with Gasteiger partial charge in [-0.05, 0) is 24.6 Å². The minimum absolute atomic E-state index is 0.0164. The number of carbonyl (C=O) groups is 1. The zero-order chi connectivity index (χ0) is 13.2. The highest BCUT2D eigenvalue weighted by Gasteiger charge is 2.25. The van der Waals surface area contributed by atoms with Crippen LogP contribution >= 0.6 is 0 Å². The quantitative estimate of drug-likeness (QED) is 0.806. The second-order valence-electron chi connectivity index (χ2n) is 4.63. The average molecular weight is 250 g/mol. The molecule has 3 rings (SSSR count). The van der Waals surface area contributed by atoms with Crippen molar-refractivity contribution in [3.05, 3.63) is 65.7 Å². The zero-order valence-corrected chi connectivity index (χ0v) is 10.7. The SMILES string of the molecule is Cc1ccc(N2N=C(c3ccccc3)CC2=O)cc1. The molecule has 0 saturated carbocycles. The van der Waals surface area contributed by atoms with E-state index in [-0.39, 0.29) is 5.91 Å². The average Bonchev–Trinajstić information content (AvgIpc) is 2.83. The molecule has 19 heavy (non-hydrogen) atoms. The molecule has 0 aromatic heterocycles. The summed E-state index contributed by atoms with van der Waals surface area (Å²) in [5.41, 5.74) is 3.82. The van der Waals surface area contributed by atoms with E-state index in [4.69, 9.17) is 0 Å². The fourth-order valence-corrected chi connectivity index (χ4v) is 2.11. The summed E-state index contributed by atoms with van der Waals surface area (Å²) in [7, 11) is 0. The van der Waals surface area contributed by atoms with Gasteiger partial charge in [-0.2, -0.15) is 5.10 Å². The Bertz CT molecular complexity index is 630. The number of aryl methyl sites for hydroxylation is 1. The molecular formula is C16H14N2O. The van der Waals surface area contributed by atoms with Crippen molar-refractivity contribution in [1.29, 1.82) is 0 Å². The van der Waals surface area contributed by atoms with Gasteiger partial charge in [0.05, 0.1) is 17.8 Å². The molecule has 0 spiro atoms. The molecule has 1 aliphatic heterocycles. The van der Waals surface area contributed by atoms with Crippen LogP contribution in [0, 0.1) is 6.92 Å². The van der Waals surface area contributed by atoms with Crippen LogP contribution in [-0.2, 0) is 4.79 Å². The molecule has 1 amide bonds. The Morgan fingerprint density at radius 3 is 2.37 bits per heavy atom. The third-order valence-corrected chi connectivity index (χ3v) is 3.16. The van der Waals surface area contributed by atoms with Gasteiger partial charge < -0.3 is 0 Å². The van der Waals surface area contributed by atoms with E-state index in [1.54, 1.807) is 0 Å². The molecule has 3 nitrogen and oxygen atoms in total. The van der Waals surface area contributed by atoms with Gasteiger partial charge in [0, 0.05) is 0 Å². The van der Waals surface area contributed by atoms with E-state index in [9.17, 15) is 4.79 Å². The van der Waals surface area contributed by atoms with Crippen LogP contribution in [0.1, 0.15) is 17.5 Å². The van der Waals surface area contributed by atoms with E-state index in [1.807, 2.05) is 61.5 Å². The van der Waals surface area contributed by atoms with Crippen LogP contribution < -0.4 is 5.01 Å². The van der Waals surface area contributed by atoms with Crippen LogP contribution in [0.3, 0.4) is 0 Å². The third-order valence-electron chi connectivity index (χ3n) is 3.16. The summed E-state index contributed by atoms with van der Waals surface area (Å²) in [5.74, 6) is 0.0164. The fourth-order valence-electron chi connectivity index (χ4n) is 2.11. The summed E-state index contributed by atoms with van der Waals surface area (Å²) in [6.07, 6.45) is 0.359. The van der Waals surface area contributed by atoms with Crippen molar-refractivity contribution in [2.75, 3.05) is 5.01 Å². The van der Waals surface area contributed by atoms with E-state index < -0.39 is 0 Å². The van der Waals surface area contributed by atoms with Crippen molar-refractivity contribution >= 4 is 17.3 Å². The Balaban J connectivity index is 1.93. The Morgan fingerprint density at radius 1 is 1.00 bits per heavy atom. The molecule has 0 aliphatic carbocycles. The van der Waals surface area contributed by atoms with Crippen molar-refractivity contribution in [3.63, 3.8) is 0 Å². The van der Waals surface area contributed by atoms with Gasteiger partial charge >= 0.3 is 0 Å². The lowest BCUT2D eigenvalue weighted by molar-refractivity contribution is -0.116. The van der Waals surface area contributed by atoms with Crippen LogP contribution in [0.15, 0.2) is 59.7 Å². The topological polar surface area (TPSA) is 32.7 Å². The first-order valence-corrected chi connectivity index (χ1v) is 6.26. The number of rotatable bonds is 2. The Labute approximate surface area is 112 Å². The number of amides is 1. The molecule has 1 heterocycles. The maximum absolute atomic E-state index is 12.1. The molecule has 2 aromatic rings. The Hall–Kier alpha value is -2.42. The van der Waals surface area contributed by atoms with Gasteiger partial charge in [-0.1, -0.05) is 48.0 Å². The van der Waals surface area contributed by atoms with Gasteiger partial charge in [-0.3, -0.25) is 4.79 Å². The monoisotopic (exact) mass is 250 g/mol. The van der Waals surface area contributed by atoms with E-state index >= 15 is 0 Å². The van der Waals surface area contributed by atoms with Crippen LogP contribution in [0.5, 0.6) is 0 Å². The fraction of sp³-hybridized carbons (Fsp3) is 0.125. The molecule has 2 aromatic carbocycles. The van der Waals surface area contributed by atoms with Crippen LogP contribution in [0.25, 0.3) is 0 Å². The number of benzene rings is 2. The molecule has 0 fully saturated rings. The zero-order valence-electron chi connectivity index (χ0n) is 10.7. The maximum Gasteiger partial charge on any atom is 0.253 e. The van der Waals surface area contributed by atoms with Crippen LogP contribution in [0.2, 0.25) is 0 Å². The number of hydrazone groups is 1. The van der Waals surface area contributed by atoms with E-state index in [0.29, 0.717) is 6.42 Å². The van der Waals surface area contributed by atoms with Gasteiger partial charge in [-0.25, -0.2) is 5.01 Å². The predicted molar refractivity (Wildman–Crippen MR) is 76.3 cm³/mol. The van der Waals surface area contributed by atoms with E-state index in [1.165, 1.54) is 10.6 Å². The number of anilines is 1. The predicted octanol–water partition coefficient (Wildman–Crippen LogP) is 3.14. The highest BCUT2D eigenvalue weighted by molar-refractivity contribution is 6.19. The number of nitrogens with zero attached hydrogens (tertiary/aromatic N) is 2. The van der Waals surface area contributed by atoms with E-state index in [0.717, 1.165) is 17.0 Å². The van der Waals surface area contributed by atoms with Crippen LogP contribution in [0.4, 0.5) is 5.69 Å². The summed E-state index contributed by atoms with van der Waals surface area (Å²) in [4.78, 5) is 12.1. The molecule has 1 aliphatic rings. The van der Waals surface area contributed by atoms with Gasteiger partial charge in [0.2, 0.25) is 0 Å². The van der Waals surface area contributed by atoms with Gasteiger partial charge in [0.1, 0.15) is 0 Å². The molecule has 0 saturated heterocycles. The molecule has 3 heteroatoms. The van der Waals surface area contributed by atoms with Crippen molar-refractivity contribution in [3.8, 4) is 0 Å². The summed E-state index contributed by atoms with van der Waals surface area (Å²) in [6, 6.07) is 17.6. The lowest BCUT2D eigenvalue weighted by Gasteiger charge is -2.11. The summed E-state index contributed by atoms with van der Waals surface area (Å²) in [5, 5.41) is 5.93. The lowest BCUT2D eigenvalue weighted by atomic mass is 10.1. The maximum atomic E-state index is 12.1. The number of carbonyl (C=O) groups excluding carboxylic acids is 1. The molecule has 0 unspecified atom stereocenters. The molecule has 0 bridgehead atoms. The largest absolute Gasteiger partial charge is 0.272 e. The van der Waals surface area contributed by atoms with Crippen molar-refractivity contribution < 1.29 is 4.79 Å². The highest BCUT2D eigenvalue weighted by Crippen LogP contribution is 2.23. The number of hydrogen-bond acceptors (Lipinski definition) is 2. The Kier molecular flexibility index (Phi) is 2.88. The second kappa shape index (κ2) is 4.69. The van der Waals surface area contributed by atoms with Crippen molar-refractivity contribution in [2.24, 2.45) is 5.10 Å². The summed E-state index contributed by atoms with van der Waals surface area (Å²) < 4.78 is 0. The number of hydrogen-bond donors (Lipinski definition) is 0. The minimum atomic E-state index is 0.0164. The first kappa shape index (κ1) is 11.7. The second-order valence-corrected chi connectivity index (χ2v) is 4.63. The summed E-state index contributed by atoms with van der Waals surface area (Å²) in [6.45, 7) is 2.02. The molecule has 94 valence electrons. The first-order valence-electron chi connectivity index (χ1n) is 6.26. The third kappa shape index (κ3) is 2.27. The molecule has 0 atom stereocenters. The van der Waals surface area contributed by atoms with Crippen LogP contribution in [-0.4, -0.2) is 11.6 Å². The first-order chi connectivity index (χ1) is 9.24. The Morgan fingerprint density at radius 2 is 1.68 bits per heavy atom. The van der Waals surface area contributed by atoms with Gasteiger partial charge in [0.25, 0.3) is 5.91 Å². The molecule has 0 radical (unpaired) electrons. The standard InChI is InChI=1S/C16H14N2O/c1-12-7-9-14(10-8-12)18-16(19)11-15(17-18)13-5-3-2-4-6-13/h2-10H,11H2,1H3.